The topological polar surface area (TPSA) is 78.8 Å². The molecule has 29 heavy (non-hydrogen) atoms. The van der Waals surface area contributed by atoms with Gasteiger partial charge < -0.3 is 0 Å². The number of nitrogens with zero attached hydrogens (tertiary/aromatic N) is 2. The standard InChI is InChI=1S/C17H14BrClF3N3O3S/c1-29(27,28)25(13-6-7-15(19)14(8-13)17(20,21)22)10-16(26)24-23-9-11-2-4-12(18)5-3-11/h2-9H,10H2,1H3,(H,24,26). The molecule has 0 bridgehead atoms. The first-order chi connectivity index (χ1) is 13.4. The number of amides is 1. The molecular weight excluding hydrogens is 499 g/mol. The largest absolute Gasteiger partial charge is 0.417 e. The number of sulfonamides is 1. The number of anilines is 1. The van der Waals surface area contributed by atoms with E-state index in [2.05, 4.69) is 26.5 Å². The summed E-state index contributed by atoms with van der Waals surface area (Å²) in [4.78, 5) is 12.1. The van der Waals surface area contributed by atoms with Crippen LogP contribution in [0.4, 0.5) is 18.9 Å². The third kappa shape index (κ3) is 6.72. The minimum absolute atomic E-state index is 0.351. The molecule has 1 amide bonds. The second-order valence-corrected chi connectivity index (χ2v) is 9.01. The van der Waals surface area contributed by atoms with E-state index in [1.807, 2.05) is 0 Å². The van der Waals surface area contributed by atoms with E-state index in [1.54, 1.807) is 24.3 Å². The normalized spacial score (nSPS) is 12.2. The van der Waals surface area contributed by atoms with Crippen LogP contribution in [0, 0.1) is 0 Å². The number of alkyl halides is 3. The van der Waals surface area contributed by atoms with E-state index in [9.17, 15) is 26.4 Å². The van der Waals surface area contributed by atoms with E-state index in [-0.39, 0.29) is 5.69 Å². The van der Waals surface area contributed by atoms with Crippen molar-refractivity contribution in [2.75, 3.05) is 17.1 Å². The average Bonchev–Trinajstić information content (AvgIpc) is 2.60. The van der Waals surface area contributed by atoms with Crippen LogP contribution in [0.2, 0.25) is 5.02 Å². The molecule has 0 spiro atoms. The molecule has 0 aliphatic rings. The molecule has 1 N–H and O–H groups in total. The number of hydrazone groups is 1. The molecule has 6 nitrogen and oxygen atoms in total. The summed E-state index contributed by atoms with van der Waals surface area (Å²) in [6.45, 7) is -0.768. The first kappa shape index (κ1) is 23.2. The Labute approximate surface area is 178 Å². The van der Waals surface area contributed by atoms with Gasteiger partial charge in [-0.1, -0.05) is 39.7 Å². The zero-order valence-electron chi connectivity index (χ0n) is 14.7. The summed E-state index contributed by atoms with van der Waals surface area (Å²) < 4.78 is 64.6. The summed E-state index contributed by atoms with van der Waals surface area (Å²) >= 11 is 8.82. The van der Waals surface area contributed by atoms with Gasteiger partial charge in [0.05, 0.1) is 28.7 Å². The van der Waals surface area contributed by atoms with E-state index in [0.717, 1.165) is 22.9 Å². The third-order valence-corrected chi connectivity index (χ3v) is 5.50. The van der Waals surface area contributed by atoms with Gasteiger partial charge in [-0.25, -0.2) is 13.8 Å². The molecule has 0 radical (unpaired) electrons. The Morgan fingerprint density at radius 3 is 2.41 bits per heavy atom. The number of carbonyl (C=O) groups is 1. The fourth-order valence-electron chi connectivity index (χ4n) is 2.18. The van der Waals surface area contributed by atoms with Crippen LogP contribution in [-0.4, -0.2) is 33.3 Å². The summed E-state index contributed by atoms with van der Waals surface area (Å²) in [5.41, 5.74) is 1.25. The molecule has 0 heterocycles. The van der Waals surface area contributed by atoms with Gasteiger partial charge in [-0.3, -0.25) is 9.10 Å². The summed E-state index contributed by atoms with van der Waals surface area (Å²) in [7, 11) is -4.07. The van der Waals surface area contributed by atoms with Gasteiger partial charge >= 0.3 is 6.18 Å². The molecule has 0 unspecified atom stereocenters. The Morgan fingerprint density at radius 2 is 1.86 bits per heavy atom. The summed E-state index contributed by atoms with van der Waals surface area (Å²) in [6.07, 6.45) is -2.68. The first-order valence-corrected chi connectivity index (χ1v) is 10.8. The minimum Gasteiger partial charge on any atom is -0.271 e. The fraction of sp³-hybridized carbons (Fsp3) is 0.176. The minimum atomic E-state index is -4.78. The molecule has 2 aromatic carbocycles. The zero-order chi connectivity index (χ0) is 21.8. The van der Waals surface area contributed by atoms with Crippen LogP contribution in [0.15, 0.2) is 52.0 Å². The zero-order valence-corrected chi connectivity index (χ0v) is 17.9. The smallest absolute Gasteiger partial charge is 0.271 e. The first-order valence-electron chi connectivity index (χ1n) is 7.80. The Bertz CT molecular complexity index is 1030. The van der Waals surface area contributed by atoms with Gasteiger partial charge in [0.1, 0.15) is 6.54 Å². The van der Waals surface area contributed by atoms with Crippen LogP contribution in [0.25, 0.3) is 0 Å². The number of hydrogen-bond donors (Lipinski definition) is 1. The lowest BCUT2D eigenvalue weighted by Crippen LogP contribution is -2.39. The average molecular weight is 513 g/mol. The van der Waals surface area contributed by atoms with Crippen LogP contribution in [0.3, 0.4) is 0 Å². The van der Waals surface area contributed by atoms with E-state index >= 15 is 0 Å². The second kappa shape index (κ2) is 9.14. The van der Waals surface area contributed by atoms with Gasteiger partial charge in [0.2, 0.25) is 10.0 Å². The number of nitrogens with one attached hydrogen (secondary N) is 1. The van der Waals surface area contributed by atoms with Crippen LogP contribution in [-0.2, 0) is 21.0 Å². The van der Waals surface area contributed by atoms with Crippen molar-refractivity contribution in [2.45, 2.75) is 6.18 Å². The molecule has 12 heteroatoms. The molecule has 2 aromatic rings. The van der Waals surface area contributed by atoms with Gasteiger partial charge in [-0.05, 0) is 35.9 Å². The van der Waals surface area contributed by atoms with Crippen LogP contribution >= 0.6 is 27.5 Å². The van der Waals surface area contributed by atoms with Crippen molar-refractivity contribution in [1.82, 2.24) is 5.43 Å². The molecule has 2 rings (SSSR count). The maximum atomic E-state index is 13.1. The van der Waals surface area contributed by atoms with Crippen molar-refractivity contribution in [2.24, 2.45) is 5.10 Å². The summed E-state index contributed by atoms with van der Waals surface area (Å²) in [5, 5.41) is 3.12. The number of halogens is 5. The van der Waals surface area contributed by atoms with Crippen LogP contribution < -0.4 is 9.73 Å². The Hall–Kier alpha value is -2.11. The van der Waals surface area contributed by atoms with Gasteiger partial charge in [0.25, 0.3) is 5.91 Å². The van der Waals surface area contributed by atoms with Crippen molar-refractivity contribution < 1.29 is 26.4 Å². The lowest BCUT2D eigenvalue weighted by molar-refractivity contribution is -0.137. The highest BCUT2D eigenvalue weighted by Crippen LogP contribution is 2.37. The molecule has 0 aliphatic carbocycles. The number of benzene rings is 2. The Balaban J connectivity index is 2.19. The third-order valence-electron chi connectivity index (χ3n) is 3.50. The maximum Gasteiger partial charge on any atom is 0.417 e. The highest BCUT2D eigenvalue weighted by Gasteiger charge is 2.34. The predicted octanol–water partition coefficient (Wildman–Crippen LogP) is 4.04. The van der Waals surface area contributed by atoms with Gasteiger partial charge in [-0.2, -0.15) is 18.3 Å². The number of rotatable bonds is 6. The van der Waals surface area contributed by atoms with Crippen molar-refractivity contribution in [1.29, 1.82) is 0 Å². The SMILES string of the molecule is CS(=O)(=O)N(CC(=O)NN=Cc1ccc(Br)cc1)c1ccc(Cl)c(C(F)(F)F)c1. The predicted molar refractivity (Wildman–Crippen MR) is 109 cm³/mol. The van der Waals surface area contributed by atoms with Crippen LogP contribution in [0.5, 0.6) is 0 Å². The van der Waals surface area contributed by atoms with E-state index in [1.165, 1.54) is 6.21 Å². The highest BCUT2D eigenvalue weighted by atomic mass is 79.9. The molecule has 0 fully saturated rings. The van der Waals surface area contributed by atoms with Crippen molar-refractivity contribution in [3.8, 4) is 0 Å². The molecule has 0 aromatic heterocycles. The quantitative estimate of drug-likeness (QED) is 0.469. The molecule has 0 atom stereocenters. The maximum absolute atomic E-state index is 13.1. The lowest BCUT2D eigenvalue weighted by Gasteiger charge is -2.22. The summed E-state index contributed by atoms with van der Waals surface area (Å²) in [5.74, 6) is -0.840. The van der Waals surface area contributed by atoms with E-state index in [4.69, 9.17) is 11.6 Å². The fourth-order valence-corrected chi connectivity index (χ4v) is 3.52. The number of carbonyl (C=O) groups excluding carboxylic acids is 1. The Morgan fingerprint density at radius 1 is 1.24 bits per heavy atom. The molecular formula is C17H14BrClF3N3O3S. The summed E-state index contributed by atoms with van der Waals surface area (Å²) in [6, 6.07) is 9.52. The van der Waals surface area contributed by atoms with Gasteiger partial charge in [0, 0.05) is 4.47 Å². The van der Waals surface area contributed by atoms with Crippen molar-refractivity contribution in [3.05, 3.63) is 63.1 Å². The van der Waals surface area contributed by atoms with Gasteiger partial charge in [0.15, 0.2) is 0 Å². The Kier molecular flexibility index (Phi) is 7.30. The monoisotopic (exact) mass is 511 g/mol. The second-order valence-electron chi connectivity index (χ2n) is 5.78. The van der Waals surface area contributed by atoms with E-state index < -0.39 is 39.2 Å². The van der Waals surface area contributed by atoms with E-state index in [0.29, 0.717) is 15.9 Å². The van der Waals surface area contributed by atoms with Gasteiger partial charge in [-0.15, -0.1) is 0 Å². The van der Waals surface area contributed by atoms with Crippen molar-refractivity contribution >= 4 is 55.4 Å². The number of hydrogen-bond acceptors (Lipinski definition) is 4. The molecule has 0 saturated heterocycles. The molecule has 156 valence electrons. The molecule has 0 saturated carbocycles. The van der Waals surface area contributed by atoms with Crippen molar-refractivity contribution in [3.63, 3.8) is 0 Å². The van der Waals surface area contributed by atoms with Crippen LogP contribution in [0.1, 0.15) is 11.1 Å². The molecule has 0 aliphatic heterocycles. The lowest BCUT2D eigenvalue weighted by atomic mass is 10.2. The highest BCUT2D eigenvalue weighted by molar-refractivity contribution is 9.10.